The number of hydrogen-bond acceptors (Lipinski definition) is 2. The van der Waals surface area contributed by atoms with Crippen molar-refractivity contribution in [3.63, 3.8) is 0 Å². The van der Waals surface area contributed by atoms with Crippen molar-refractivity contribution in [1.82, 2.24) is 0 Å². The molecule has 1 heterocycles. The summed E-state index contributed by atoms with van der Waals surface area (Å²) >= 11 is 0. The Balaban J connectivity index is 2.13. The average Bonchev–Trinajstić information content (AvgIpc) is 2.35. The van der Waals surface area contributed by atoms with Crippen molar-refractivity contribution < 1.29 is 4.79 Å². The Hall–Kier alpha value is -1.31. The summed E-state index contributed by atoms with van der Waals surface area (Å²) in [6.45, 7) is 3.17. The summed E-state index contributed by atoms with van der Waals surface area (Å²) in [5, 5.41) is 3.36. The van der Waals surface area contributed by atoms with E-state index in [4.69, 9.17) is 0 Å². The molecular formula is C14H19NO. The highest BCUT2D eigenvalue weighted by Gasteiger charge is 2.11. The molecule has 0 aliphatic carbocycles. The van der Waals surface area contributed by atoms with Crippen LogP contribution in [0.15, 0.2) is 18.2 Å². The lowest BCUT2D eigenvalue weighted by molar-refractivity contribution is 0.0979. The quantitative estimate of drug-likeness (QED) is 0.783. The summed E-state index contributed by atoms with van der Waals surface area (Å²) in [4.78, 5) is 11.9. The van der Waals surface area contributed by atoms with E-state index in [-0.39, 0.29) is 5.78 Å². The minimum absolute atomic E-state index is 0.287. The summed E-state index contributed by atoms with van der Waals surface area (Å²) < 4.78 is 0. The molecule has 0 aromatic heterocycles. The molecule has 86 valence electrons. The van der Waals surface area contributed by atoms with Crippen molar-refractivity contribution in [1.29, 1.82) is 0 Å². The van der Waals surface area contributed by atoms with Crippen LogP contribution in [0, 0.1) is 0 Å². The van der Waals surface area contributed by atoms with Crippen LogP contribution in [0.25, 0.3) is 0 Å². The van der Waals surface area contributed by atoms with Crippen LogP contribution in [0.5, 0.6) is 0 Å². The SMILES string of the molecule is CCCCC(=O)c1ccc2c(c1)CCCN2. The zero-order valence-electron chi connectivity index (χ0n) is 9.88. The summed E-state index contributed by atoms with van der Waals surface area (Å²) in [6.07, 6.45) is 5.02. The lowest BCUT2D eigenvalue weighted by Gasteiger charge is -2.18. The Labute approximate surface area is 97.1 Å². The first-order valence-corrected chi connectivity index (χ1v) is 6.21. The highest BCUT2D eigenvalue weighted by molar-refractivity contribution is 5.96. The van der Waals surface area contributed by atoms with Crippen LogP contribution in [0.1, 0.15) is 48.5 Å². The van der Waals surface area contributed by atoms with Gasteiger partial charge in [0.25, 0.3) is 0 Å². The first kappa shape index (κ1) is 11.2. The maximum Gasteiger partial charge on any atom is 0.162 e. The molecule has 1 N–H and O–H groups in total. The van der Waals surface area contributed by atoms with Gasteiger partial charge in [-0.05, 0) is 43.0 Å². The molecule has 16 heavy (non-hydrogen) atoms. The fourth-order valence-electron chi connectivity index (χ4n) is 2.13. The first-order valence-electron chi connectivity index (χ1n) is 6.21. The Bertz CT molecular complexity index is 384. The number of aryl methyl sites for hydroxylation is 1. The van der Waals surface area contributed by atoms with Gasteiger partial charge in [0, 0.05) is 24.2 Å². The van der Waals surface area contributed by atoms with E-state index in [0.29, 0.717) is 6.42 Å². The molecular weight excluding hydrogens is 198 g/mol. The minimum atomic E-state index is 0.287. The summed E-state index contributed by atoms with van der Waals surface area (Å²) in [5.74, 6) is 0.287. The van der Waals surface area contributed by atoms with Gasteiger partial charge in [-0.25, -0.2) is 0 Å². The molecule has 0 radical (unpaired) electrons. The average molecular weight is 217 g/mol. The molecule has 2 nitrogen and oxygen atoms in total. The van der Waals surface area contributed by atoms with E-state index in [1.807, 2.05) is 12.1 Å². The number of rotatable bonds is 4. The van der Waals surface area contributed by atoms with Crippen molar-refractivity contribution in [2.24, 2.45) is 0 Å². The van der Waals surface area contributed by atoms with Crippen molar-refractivity contribution in [2.45, 2.75) is 39.0 Å². The third-order valence-corrected chi connectivity index (χ3v) is 3.12. The molecule has 2 rings (SSSR count). The van der Waals surface area contributed by atoms with Crippen molar-refractivity contribution >= 4 is 11.5 Å². The number of hydrogen-bond donors (Lipinski definition) is 1. The summed E-state index contributed by atoms with van der Waals surface area (Å²) in [6, 6.07) is 6.07. The summed E-state index contributed by atoms with van der Waals surface area (Å²) in [5.41, 5.74) is 3.39. The van der Waals surface area contributed by atoms with Crippen LogP contribution in [0.4, 0.5) is 5.69 Å². The second-order valence-electron chi connectivity index (χ2n) is 4.43. The van der Waals surface area contributed by atoms with E-state index in [1.54, 1.807) is 0 Å². The van der Waals surface area contributed by atoms with Crippen molar-refractivity contribution in [3.05, 3.63) is 29.3 Å². The maximum absolute atomic E-state index is 11.9. The third-order valence-electron chi connectivity index (χ3n) is 3.12. The van der Waals surface area contributed by atoms with Crippen LogP contribution >= 0.6 is 0 Å². The van der Waals surface area contributed by atoms with Gasteiger partial charge in [-0.3, -0.25) is 4.79 Å². The second kappa shape index (κ2) is 5.15. The number of fused-ring (bicyclic) bond motifs is 1. The normalized spacial score (nSPS) is 14.1. The van der Waals surface area contributed by atoms with E-state index in [1.165, 1.54) is 17.7 Å². The number of anilines is 1. The molecule has 0 bridgehead atoms. The van der Waals surface area contributed by atoms with E-state index in [9.17, 15) is 4.79 Å². The molecule has 0 amide bonds. The number of benzene rings is 1. The van der Waals surface area contributed by atoms with Gasteiger partial charge in [-0.15, -0.1) is 0 Å². The predicted molar refractivity (Wildman–Crippen MR) is 67.1 cm³/mol. The predicted octanol–water partition coefficient (Wildman–Crippen LogP) is 3.42. The number of Topliss-reactive ketones (excluding diaryl/α,β-unsaturated/α-hetero) is 1. The van der Waals surface area contributed by atoms with Gasteiger partial charge in [-0.2, -0.15) is 0 Å². The zero-order chi connectivity index (χ0) is 11.4. The van der Waals surface area contributed by atoms with E-state index in [0.717, 1.165) is 31.4 Å². The Morgan fingerprint density at radius 2 is 2.31 bits per heavy atom. The van der Waals surface area contributed by atoms with Gasteiger partial charge in [-0.1, -0.05) is 13.3 Å². The van der Waals surface area contributed by atoms with E-state index in [2.05, 4.69) is 18.3 Å². The van der Waals surface area contributed by atoms with E-state index < -0.39 is 0 Å². The summed E-state index contributed by atoms with van der Waals surface area (Å²) in [7, 11) is 0. The van der Waals surface area contributed by atoms with Gasteiger partial charge >= 0.3 is 0 Å². The van der Waals surface area contributed by atoms with Gasteiger partial charge in [0.2, 0.25) is 0 Å². The van der Waals surface area contributed by atoms with E-state index >= 15 is 0 Å². The van der Waals surface area contributed by atoms with Gasteiger partial charge < -0.3 is 5.32 Å². The molecule has 2 heteroatoms. The molecule has 0 atom stereocenters. The minimum Gasteiger partial charge on any atom is -0.385 e. The Kier molecular flexibility index (Phi) is 3.60. The first-order chi connectivity index (χ1) is 7.81. The van der Waals surface area contributed by atoms with Crippen molar-refractivity contribution in [3.8, 4) is 0 Å². The zero-order valence-corrected chi connectivity index (χ0v) is 9.88. The van der Waals surface area contributed by atoms with Gasteiger partial charge in [0.15, 0.2) is 5.78 Å². The van der Waals surface area contributed by atoms with Crippen LogP contribution in [-0.2, 0) is 6.42 Å². The molecule has 1 aromatic rings. The van der Waals surface area contributed by atoms with Crippen LogP contribution in [0.3, 0.4) is 0 Å². The topological polar surface area (TPSA) is 29.1 Å². The number of nitrogens with one attached hydrogen (secondary N) is 1. The highest BCUT2D eigenvalue weighted by atomic mass is 16.1. The molecule has 0 unspecified atom stereocenters. The lowest BCUT2D eigenvalue weighted by Crippen LogP contribution is -2.12. The number of unbranched alkanes of at least 4 members (excludes halogenated alkanes) is 1. The molecule has 1 aliphatic rings. The molecule has 1 aliphatic heterocycles. The standard InChI is InChI=1S/C14H19NO/c1-2-3-6-14(16)12-7-8-13-11(10-12)5-4-9-15-13/h7-8,10,15H,2-6,9H2,1H3. The molecule has 0 saturated carbocycles. The van der Waals surface area contributed by atoms with Crippen LogP contribution < -0.4 is 5.32 Å². The second-order valence-corrected chi connectivity index (χ2v) is 4.43. The third kappa shape index (κ3) is 2.43. The smallest absolute Gasteiger partial charge is 0.162 e. The molecule has 0 saturated heterocycles. The Morgan fingerprint density at radius 1 is 1.44 bits per heavy atom. The molecule has 1 aromatic carbocycles. The lowest BCUT2D eigenvalue weighted by atomic mass is 9.97. The van der Waals surface area contributed by atoms with Crippen LogP contribution in [0.2, 0.25) is 0 Å². The number of carbonyl (C=O) groups is 1. The van der Waals surface area contributed by atoms with Crippen LogP contribution in [-0.4, -0.2) is 12.3 Å². The van der Waals surface area contributed by atoms with Gasteiger partial charge in [0.1, 0.15) is 0 Å². The van der Waals surface area contributed by atoms with Crippen molar-refractivity contribution in [2.75, 3.05) is 11.9 Å². The Morgan fingerprint density at radius 3 is 3.12 bits per heavy atom. The largest absolute Gasteiger partial charge is 0.385 e. The fourth-order valence-corrected chi connectivity index (χ4v) is 2.13. The van der Waals surface area contributed by atoms with Gasteiger partial charge in [0.05, 0.1) is 0 Å². The number of ketones is 1. The molecule has 0 fully saturated rings. The fraction of sp³-hybridized carbons (Fsp3) is 0.500. The maximum atomic E-state index is 11.9. The highest BCUT2D eigenvalue weighted by Crippen LogP contribution is 2.23. The monoisotopic (exact) mass is 217 g/mol. The number of carbonyl (C=O) groups excluding carboxylic acids is 1. The molecule has 0 spiro atoms.